The Balaban J connectivity index is 1.80. The van der Waals surface area contributed by atoms with Gasteiger partial charge in [-0.05, 0) is 63.4 Å². The highest BCUT2D eigenvalue weighted by Crippen LogP contribution is 2.26. The number of fused-ring (bicyclic) bond motifs is 1. The fraction of sp³-hybridized carbons (Fsp3) is 0.500. The molecule has 2 aromatic rings. The summed E-state index contributed by atoms with van der Waals surface area (Å²) >= 11 is 0. The molecule has 0 bridgehead atoms. The molecule has 0 amide bonds. The van der Waals surface area contributed by atoms with E-state index in [0.717, 1.165) is 24.2 Å². The molecule has 0 aliphatic carbocycles. The summed E-state index contributed by atoms with van der Waals surface area (Å²) in [7, 11) is 2.03. The highest BCUT2D eigenvalue weighted by atomic mass is 16.5. The molecule has 0 spiro atoms. The quantitative estimate of drug-likeness (QED) is 0.928. The highest BCUT2D eigenvalue weighted by molar-refractivity contribution is 5.79. The van der Waals surface area contributed by atoms with E-state index in [4.69, 9.17) is 4.74 Å². The van der Waals surface area contributed by atoms with Crippen LogP contribution in [0.15, 0.2) is 30.3 Å². The van der Waals surface area contributed by atoms with Gasteiger partial charge in [-0.15, -0.1) is 0 Å². The molecule has 2 heterocycles. The first-order chi connectivity index (χ1) is 10.3. The van der Waals surface area contributed by atoms with Crippen molar-refractivity contribution in [1.29, 1.82) is 0 Å². The van der Waals surface area contributed by atoms with E-state index < -0.39 is 0 Å². The van der Waals surface area contributed by atoms with Crippen molar-refractivity contribution in [3.8, 4) is 0 Å². The van der Waals surface area contributed by atoms with Crippen LogP contribution in [-0.4, -0.2) is 24.7 Å². The molecule has 3 rings (SSSR count). The summed E-state index contributed by atoms with van der Waals surface area (Å²) in [5, 5.41) is 4.65. The summed E-state index contributed by atoms with van der Waals surface area (Å²) in [6.45, 7) is 2.95. The van der Waals surface area contributed by atoms with Crippen LogP contribution >= 0.6 is 0 Å². The SMILES string of the molecule is CNC(CC1CCCCO1)c1ccc2nc(C)ccc2c1. The number of rotatable bonds is 4. The number of nitrogens with one attached hydrogen (secondary N) is 1. The van der Waals surface area contributed by atoms with Gasteiger partial charge in [0, 0.05) is 23.7 Å². The zero-order valence-electron chi connectivity index (χ0n) is 12.9. The van der Waals surface area contributed by atoms with Crippen molar-refractivity contribution in [3.05, 3.63) is 41.6 Å². The van der Waals surface area contributed by atoms with Gasteiger partial charge in [0.05, 0.1) is 11.6 Å². The predicted octanol–water partition coefficient (Wildman–Crippen LogP) is 3.76. The lowest BCUT2D eigenvalue weighted by Crippen LogP contribution is -2.26. The summed E-state index contributed by atoms with van der Waals surface area (Å²) in [5.41, 5.74) is 3.46. The van der Waals surface area contributed by atoms with E-state index in [1.54, 1.807) is 0 Å². The second-order valence-corrected chi connectivity index (χ2v) is 5.97. The summed E-state index contributed by atoms with van der Waals surface area (Å²) in [4.78, 5) is 4.57. The van der Waals surface area contributed by atoms with Gasteiger partial charge in [0.25, 0.3) is 0 Å². The minimum absolute atomic E-state index is 0.346. The van der Waals surface area contributed by atoms with E-state index in [9.17, 15) is 0 Å². The molecular weight excluding hydrogens is 260 g/mol. The topological polar surface area (TPSA) is 34.1 Å². The number of aromatic nitrogens is 1. The molecule has 1 N–H and O–H groups in total. The van der Waals surface area contributed by atoms with Crippen LogP contribution in [0.25, 0.3) is 10.9 Å². The molecule has 1 fully saturated rings. The Morgan fingerprint density at radius 2 is 2.19 bits per heavy atom. The maximum Gasteiger partial charge on any atom is 0.0705 e. The van der Waals surface area contributed by atoms with Crippen LogP contribution in [-0.2, 0) is 4.74 Å². The van der Waals surface area contributed by atoms with E-state index >= 15 is 0 Å². The first kappa shape index (κ1) is 14.5. The van der Waals surface area contributed by atoms with Gasteiger partial charge >= 0.3 is 0 Å². The number of hydrogen-bond acceptors (Lipinski definition) is 3. The molecule has 0 radical (unpaired) electrons. The minimum Gasteiger partial charge on any atom is -0.378 e. The molecule has 3 nitrogen and oxygen atoms in total. The number of ether oxygens (including phenoxy) is 1. The molecule has 1 aromatic carbocycles. The molecule has 21 heavy (non-hydrogen) atoms. The lowest BCUT2D eigenvalue weighted by Gasteiger charge is -2.27. The molecule has 1 aromatic heterocycles. The Labute approximate surface area is 126 Å². The van der Waals surface area contributed by atoms with Crippen LogP contribution in [0.4, 0.5) is 0 Å². The second kappa shape index (κ2) is 6.54. The maximum atomic E-state index is 5.88. The van der Waals surface area contributed by atoms with Crippen LogP contribution in [0.3, 0.4) is 0 Å². The number of benzene rings is 1. The van der Waals surface area contributed by atoms with E-state index in [2.05, 4.69) is 40.6 Å². The van der Waals surface area contributed by atoms with Gasteiger partial charge in [0.15, 0.2) is 0 Å². The third-order valence-electron chi connectivity index (χ3n) is 4.38. The van der Waals surface area contributed by atoms with Gasteiger partial charge < -0.3 is 10.1 Å². The molecular formula is C18H24N2O. The third kappa shape index (κ3) is 3.42. The number of pyridine rings is 1. The number of hydrogen-bond donors (Lipinski definition) is 1. The van der Waals surface area contributed by atoms with Gasteiger partial charge in [0.2, 0.25) is 0 Å². The van der Waals surface area contributed by atoms with E-state index in [0.29, 0.717) is 12.1 Å². The average Bonchev–Trinajstić information content (AvgIpc) is 2.53. The highest BCUT2D eigenvalue weighted by Gasteiger charge is 2.20. The van der Waals surface area contributed by atoms with Crippen LogP contribution in [0.1, 0.15) is 43.0 Å². The van der Waals surface area contributed by atoms with Crippen molar-refractivity contribution in [1.82, 2.24) is 10.3 Å². The molecule has 1 saturated heterocycles. The van der Waals surface area contributed by atoms with Crippen molar-refractivity contribution in [2.45, 2.75) is 44.8 Å². The van der Waals surface area contributed by atoms with E-state index in [1.165, 1.54) is 30.2 Å². The van der Waals surface area contributed by atoms with Gasteiger partial charge in [-0.2, -0.15) is 0 Å². The lowest BCUT2D eigenvalue weighted by molar-refractivity contribution is 0.00549. The normalized spacial score (nSPS) is 20.6. The maximum absolute atomic E-state index is 5.88. The van der Waals surface area contributed by atoms with Crippen molar-refractivity contribution in [3.63, 3.8) is 0 Å². The first-order valence-electron chi connectivity index (χ1n) is 7.92. The molecule has 3 heteroatoms. The summed E-state index contributed by atoms with van der Waals surface area (Å²) < 4.78 is 5.88. The molecule has 0 saturated carbocycles. The predicted molar refractivity (Wildman–Crippen MR) is 86.5 cm³/mol. The largest absolute Gasteiger partial charge is 0.378 e. The Kier molecular flexibility index (Phi) is 4.51. The van der Waals surface area contributed by atoms with Crippen LogP contribution in [0, 0.1) is 6.92 Å². The summed E-state index contributed by atoms with van der Waals surface area (Å²) in [6, 6.07) is 11.2. The Morgan fingerprint density at radius 1 is 1.29 bits per heavy atom. The smallest absolute Gasteiger partial charge is 0.0705 e. The van der Waals surface area contributed by atoms with Gasteiger partial charge in [0.1, 0.15) is 0 Å². The number of aryl methyl sites for hydroxylation is 1. The number of nitrogens with zero attached hydrogens (tertiary/aromatic N) is 1. The Hall–Kier alpha value is -1.45. The standard InChI is InChI=1S/C18H24N2O/c1-13-6-7-14-11-15(8-9-17(14)20-13)18(19-2)12-16-5-3-4-10-21-16/h6-9,11,16,18-19H,3-5,10,12H2,1-2H3. The van der Waals surface area contributed by atoms with Crippen LogP contribution in [0.2, 0.25) is 0 Å². The Bertz CT molecular complexity index is 605. The van der Waals surface area contributed by atoms with Crippen LogP contribution in [0.5, 0.6) is 0 Å². The van der Waals surface area contributed by atoms with E-state index in [-0.39, 0.29) is 0 Å². The van der Waals surface area contributed by atoms with E-state index in [1.807, 2.05) is 14.0 Å². The van der Waals surface area contributed by atoms with Gasteiger partial charge in [-0.1, -0.05) is 12.1 Å². The zero-order chi connectivity index (χ0) is 14.7. The molecule has 112 valence electrons. The summed E-state index contributed by atoms with van der Waals surface area (Å²) in [6.07, 6.45) is 5.13. The van der Waals surface area contributed by atoms with Crippen molar-refractivity contribution in [2.75, 3.05) is 13.7 Å². The molecule has 2 unspecified atom stereocenters. The van der Waals surface area contributed by atoms with Gasteiger partial charge in [-0.3, -0.25) is 4.98 Å². The van der Waals surface area contributed by atoms with Gasteiger partial charge in [-0.25, -0.2) is 0 Å². The molecule has 2 atom stereocenters. The second-order valence-electron chi connectivity index (χ2n) is 5.97. The lowest BCUT2D eigenvalue weighted by atomic mass is 9.96. The van der Waals surface area contributed by atoms with Crippen molar-refractivity contribution in [2.24, 2.45) is 0 Å². The summed E-state index contributed by atoms with van der Waals surface area (Å²) in [5.74, 6) is 0. The fourth-order valence-corrected chi connectivity index (χ4v) is 3.14. The minimum atomic E-state index is 0.346. The monoisotopic (exact) mass is 284 g/mol. The van der Waals surface area contributed by atoms with Crippen LogP contribution < -0.4 is 5.32 Å². The third-order valence-corrected chi connectivity index (χ3v) is 4.38. The molecule has 1 aliphatic rings. The van der Waals surface area contributed by atoms with Crippen molar-refractivity contribution < 1.29 is 4.74 Å². The Morgan fingerprint density at radius 3 is 2.95 bits per heavy atom. The fourth-order valence-electron chi connectivity index (χ4n) is 3.14. The molecule has 1 aliphatic heterocycles. The first-order valence-corrected chi connectivity index (χ1v) is 7.92. The zero-order valence-corrected chi connectivity index (χ0v) is 12.9. The van der Waals surface area contributed by atoms with Crippen molar-refractivity contribution >= 4 is 10.9 Å². The average molecular weight is 284 g/mol.